The van der Waals surface area contributed by atoms with Crippen molar-refractivity contribution >= 4 is 67.2 Å². The minimum absolute atomic E-state index is 0.0221. The van der Waals surface area contributed by atoms with E-state index < -0.39 is 5.91 Å². The van der Waals surface area contributed by atoms with E-state index in [4.69, 9.17) is 17.0 Å². The molecular weight excluding hydrogens is 450 g/mol. The Hall–Kier alpha value is -2.49. The zero-order valence-electron chi connectivity index (χ0n) is 13.8. The number of amides is 2. The average molecular weight is 464 g/mol. The number of nitrogens with one attached hydrogen (secondary N) is 3. The Morgan fingerprint density at radius 3 is 2.67 bits per heavy atom. The second kappa shape index (κ2) is 8.94. The van der Waals surface area contributed by atoms with Gasteiger partial charge in [-0.15, -0.1) is 11.3 Å². The summed E-state index contributed by atoms with van der Waals surface area (Å²) < 4.78 is 6.34. The first-order valence-corrected chi connectivity index (χ1v) is 9.86. The fraction of sp³-hybridized carbons (Fsp3) is 0.0556. The second-order valence-corrected chi connectivity index (χ2v) is 7.47. The summed E-state index contributed by atoms with van der Waals surface area (Å²) in [6.45, 7) is -0.225. The number of hydrazine groups is 1. The number of hydrogen-bond donors (Lipinski definition) is 3. The Labute approximate surface area is 173 Å². The van der Waals surface area contributed by atoms with Crippen molar-refractivity contribution in [2.45, 2.75) is 0 Å². The van der Waals surface area contributed by atoms with Gasteiger partial charge in [0.05, 0.1) is 9.35 Å². The highest BCUT2D eigenvalue weighted by molar-refractivity contribution is 9.10. The highest BCUT2D eigenvalue weighted by atomic mass is 79.9. The van der Waals surface area contributed by atoms with Gasteiger partial charge < -0.3 is 4.74 Å². The van der Waals surface area contributed by atoms with E-state index in [1.54, 1.807) is 23.6 Å². The lowest BCUT2D eigenvalue weighted by molar-refractivity contribution is -0.121. The number of halogens is 1. The van der Waals surface area contributed by atoms with Gasteiger partial charge in [-0.05, 0) is 56.4 Å². The molecule has 3 N–H and O–H groups in total. The summed E-state index contributed by atoms with van der Waals surface area (Å²) in [4.78, 5) is 24.3. The van der Waals surface area contributed by atoms with Crippen LogP contribution in [0.2, 0.25) is 0 Å². The van der Waals surface area contributed by atoms with Gasteiger partial charge in [0, 0.05) is 0 Å². The third-order valence-electron chi connectivity index (χ3n) is 3.47. The summed E-state index contributed by atoms with van der Waals surface area (Å²) in [5.74, 6) is -0.232. The Morgan fingerprint density at radius 1 is 1.07 bits per heavy atom. The van der Waals surface area contributed by atoms with E-state index in [2.05, 4.69) is 32.1 Å². The number of carbonyl (C=O) groups is 2. The molecule has 3 rings (SSSR count). The molecule has 9 heteroatoms. The van der Waals surface area contributed by atoms with E-state index in [1.165, 1.54) is 11.3 Å². The molecule has 0 aliphatic rings. The molecule has 0 aliphatic heterocycles. The largest absolute Gasteiger partial charge is 0.483 e. The summed E-state index contributed by atoms with van der Waals surface area (Å²) in [7, 11) is 0. The van der Waals surface area contributed by atoms with Crippen molar-refractivity contribution in [2.24, 2.45) is 0 Å². The summed E-state index contributed by atoms with van der Waals surface area (Å²) in [5.41, 5.74) is 4.89. The molecule has 3 aromatic rings. The minimum Gasteiger partial charge on any atom is -0.483 e. The normalized spacial score (nSPS) is 10.3. The van der Waals surface area contributed by atoms with Gasteiger partial charge in [0.1, 0.15) is 5.75 Å². The van der Waals surface area contributed by atoms with E-state index in [-0.39, 0.29) is 17.6 Å². The van der Waals surface area contributed by atoms with Crippen LogP contribution in [-0.4, -0.2) is 23.5 Å². The lowest BCUT2D eigenvalue weighted by Crippen LogP contribution is -2.49. The fourth-order valence-electron chi connectivity index (χ4n) is 2.25. The van der Waals surface area contributed by atoms with Gasteiger partial charge in [-0.2, -0.15) is 0 Å². The summed E-state index contributed by atoms with van der Waals surface area (Å²) in [6.07, 6.45) is 0. The van der Waals surface area contributed by atoms with Crippen LogP contribution in [0.5, 0.6) is 5.75 Å². The number of ether oxygens (including phenoxy) is 1. The molecule has 0 bridgehead atoms. The van der Waals surface area contributed by atoms with Crippen LogP contribution in [-0.2, 0) is 4.79 Å². The van der Waals surface area contributed by atoms with Crippen molar-refractivity contribution in [3.63, 3.8) is 0 Å². The molecule has 0 radical (unpaired) electrons. The third kappa shape index (κ3) is 5.03. The number of hydrogen-bond acceptors (Lipinski definition) is 5. The van der Waals surface area contributed by atoms with Crippen molar-refractivity contribution in [1.82, 2.24) is 16.2 Å². The summed E-state index contributed by atoms with van der Waals surface area (Å²) >= 11 is 9.78. The van der Waals surface area contributed by atoms with Gasteiger partial charge in [0.2, 0.25) is 0 Å². The first kappa shape index (κ1) is 19.3. The molecule has 0 atom stereocenters. The van der Waals surface area contributed by atoms with Gasteiger partial charge >= 0.3 is 0 Å². The molecule has 27 heavy (non-hydrogen) atoms. The Balaban J connectivity index is 1.49. The zero-order valence-corrected chi connectivity index (χ0v) is 17.0. The molecule has 0 saturated carbocycles. The molecule has 0 saturated heterocycles. The van der Waals surface area contributed by atoms with Gasteiger partial charge in [-0.25, -0.2) is 0 Å². The van der Waals surface area contributed by atoms with Crippen molar-refractivity contribution < 1.29 is 14.3 Å². The second-order valence-electron chi connectivity index (χ2n) is 5.32. The Bertz CT molecular complexity index is 993. The maximum atomic E-state index is 12.0. The number of thiophene rings is 1. The van der Waals surface area contributed by atoms with Crippen LogP contribution in [0.4, 0.5) is 0 Å². The predicted molar refractivity (Wildman–Crippen MR) is 113 cm³/mol. The molecule has 6 nitrogen and oxygen atoms in total. The number of carbonyl (C=O) groups excluding carboxylic acids is 2. The minimum atomic E-state index is -0.446. The molecule has 2 aromatic carbocycles. The van der Waals surface area contributed by atoms with Gasteiger partial charge in [0.15, 0.2) is 11.7 Å². The summed E-state index contributed by atoms with van der Waals surface area (Å²) in [6, 6.07) is 15.0. The molecule has 1 heterocycles. The summed E-state index contributed by atoms with van der Waals surface area (Å²) in [5, 5.41) is 6.26. The van der Waals surface area contributed by atoms with E-state index in [0.29, 0.717) is 10.6 Å². The highest BCUT2D eigenvalue weighted by Crippen LogP contribution is 2.32. The van der Waals surface area contributed by atoms with Crippen LogP contribution in [0.25, 0.3) is 10.8 Å². The predicted octanol–water partition coefficient (Wildman–Crippen LogP) is 3.38. The molecule has 2 amide bonds. The molecule has 0 fully saturated rings. The first-order valence-electron chi connectivity index (χ1n) is 7.78. The number of benzene rings is 2. The van der Waals surface area contributed by atoms with Gasteiger partial charge in [-0.3, -0.25) is 25.8 Å². The topological polar surface area (TPSA) is 79.5 Å². The number of thiocarbonyl (C=S) groups is 1. The monoisotopic (exact) mass is 463 g/mol. The lowest BCUT2D eigenvalue weighted by atomic mass is 10.1. The maximum Gasteiger partial charge on any atom is 0.279 e. The van der Waals surface area contributed by atoms with E-state index in [1.807, 2.05) is 30.3 Å². The molecule has 0 spiro atoms. The third-order valence-corrected chi connectivity index (χ3v) is 5.36. The molecule has 138 valence electrons. The quantitative estimate of drug-likeness (QED) is 0.408. The molecular formula is C18H14BrN3O3S2. The average Bonchev–Trinajstić information content (AvgIpc) is 3.21. The molecule has 1 aromatic heterocycles. The van der Waals surface area contributed by atoms with E-state index in [0.717, 1.165) is 15.2 Å². The van der Waals surface area contributed by atoms with Crippen LogP contribution in [0.15, 0.2) is 58.4 Å². The molecule has 0 aliphatic carbocycles. The van der Waals surface area contributed by atoms with Gasteiger partial charge in [0.25, 0.3) is 11.8 Å². The zero-order chi connectivity index (χ0) is 19.2. The van der Waals surface area contributed by atoms with E-state index in [9.17, 15) is 9.59 Å². The molecule has 0 unspecified atom stereocenters. The van der Waals surface area contributed by atoms with Crippen molar-refractivity contribution in [3.8, 4) is 5.75 Å². The van der Waals surface area contributed by atoms with Crippen molar-refractivity contribution in [3.05, 3.63) is 63.3 Å². The van der Waals surface area contributed by atoms with Crippen molar-refractivity contribution in [1.29, 1.82) is 0 Å². The van der Waals surface area contributed by atoms with Crippen LogP contribution < -0.4 is 20.9 Å². The van der Waals surface area contributed by atoms with Crippen LogP contribution in [0.1, 0.15) is 9.67 Å². The van der Waals surface area contributed by atoms with Gasteiger partial charge in [-0.1, -0.05) is 36.4 Å². The first-order chi connectivity index (χ1) is 13.0. The smallest absolute Gasteiger partial charge is 0.279 e. The fourth-order valence-corrected chi connectivity index (χ4v) is 3.64. The van der Waals surface area contributed by atoms with Crippen molar-refractivity contribution in [2.75, 3.05) is 6.61 Å². The SMILES string of the molecule is O=C(COc1ccc2ccccc2c1Br)NC(=S)NNC(=O)c1cccs1. The van der Waals surface area contributed by atoms with Crippen LogP contribution >= 0.6 is 39.5 Å². The number of rotatable bonds is 4. The standard InChI is InChI=1S/C18H14BrN3O3S2/c19-16-12-5-2-1-4-11(12)7-8-13(16)25-10-15(23)20-18(26)22-21-17(24)14-6-3-9-27-14/h1-9H,10H2,(H,21,24)(H2,20,22,23,26). The Morgan fingerprint density at radius 2 is 1.89 bits per heavy atom. The highest BCUT2D eigenvalue weighted by Gasteiger charge is 2.11. The van der Waals surface area contributed by atoms with Crippen LogP contribution in [0, 0.1) is 0 Å². The Kier molecular flexibility index (Phi) is 6.38. The number of fused-ring (bicyclic) bond motifs is 1. The maximum absolute atomic E-state index is 12.0. The van der Waals surface area contributed by atoms with E-state index >= 15 is 0 Å². The van der Waals surface area contributed by atoms with Crippen LogP contribution in [0.3, 0.4) is 0 Å². The lowest BCUT2D eigenvalue weighted by Gasteiger charge is -2.12.